The van der Waals surface area contributed by atoms with Crippen LogP contribution in [0.2, 0.25) is 0 Å². The second kappa shape index (κ2) is 5.48. The van der Waals surface area contributed by atoms with Crippen molar-refractivity contribution in [3.05, 3.63) is 83.4 Å². The lowest BCUT2D eigenvalue weighted by atomic mass is 9.95. The van der Waals surface area contributed by atoms with Crippen LogP contribution < -0.4 is 0 Å². The largest absolute Gasteiger partial charge is 0.384 e. The molecule has 0 radical (unpaired) electrons. The van der Waals surface area contributed by atoms with Gasteiger partial charge in [0.1, 0.15) is 6.10 Å². The van der Waals surface area contributed by atoms with E-state index < -0.39 is 6.10 Å². The Bertz CT molecular complexity index is 708. The number of hydrogen-bond acceptors (Lipinski definition) is 1. The molecule has 20 heavy (non-hydrogen) atoms. The zero-order valence-electron chi connectivity index (χ0n) is 11.6. The summed E-state index contributed by atoms with van der Waals surface area (Å²) < 4.78 is 0. The second-order valence-electron chi connectivity index (χ2n) is 5.07. The number of fused-ring (bicyclic) bond motifs is 1. The van der Waals surface area contributed by atoms with Gasteiger partial charge in [-0.05, 0) is 33.9 Å². The van der Waals surface area contributed by atoms with Gasteiger partial charge >= 0.3 is 0 Å². The third kappa shape index (κ3) is 2.33. The van der Waals surface area contributed by atoms with Gasteiger partial charge in [-0.1, -0.05) is 73.7 Å². The highest BCUT2D eigenvalue weighted by atomic mass is 16.3. The summed E-state index contributed by atoms with van der Waals surface area (Å²) in [6.07, 6.45) is 0.442. The highest BCUT2D eigenvalue weighted by Crippen LogP contribution is 2.28. The van der Waals surface area contributed by atoms with Gasteiger partial charge in [0.2, 0.25) is 0 Å². The highest BCUT2D eigenvalue weighted by molar-refractivity contribution is 5.86. The van der Waals surface area contributed by atoms with Crippen molar-refractivity contribution in [2.75, 3.05) is 0 Å². The Morgan fingerprint density at radius 3 is 2.30 bits per heavy atom. The fourth-order valence-electron chi connectivity index (χ4n) is 2.60. The van der Waals surface area contributed by atoms with E-state index >= 15 is 0 Å². The van der Waals surface area contributed by atoms with Gasteiger partial charge in [-0.15, -0.1) is 0 Å². The SMILES string of the molecule is CCc1ccc(C(O)c2cccc3ccccc23)cc1. The summed E-state index contributed by atoms with van der Waals surface area (Å²) in [6, 6.07) is 22.5. The van der Waals surface area contributed by atoms with Gasteiger partial charge in [-0.25, -0.2) is 0 Å². The second-order valence-corrected chi connectivity index (χ2v) is 5.07. The molecule has 0 aromatic heterocycles. The minimum Gasteiger partial charge on any atom is -0.384 e. The molecule has 0 aliphatic carbocycles. The molecule has 1 nitrogen and oxygen atoms in total. The average Bonchev–Trinajstić information content (AvgIpc) is 2.54. The van der Waals surface area contributed by atoms with Crippen molar-refractivity contribution in [3.8, 4) is 0 Å². The summed E-state index contributed by atoms with van der Waals surface area (Å²) in [6.45, 7) is 2.14. The fraction of sp³-hybridized carbons (Fsp3) is 0.158. The molecule has 0 saturated heterocycles. The van der Waals surface area contributed by atoms with Gasteiger partial charge in [0.05, 0.1) is 0 Å². The van der Waals surface area contributed by atoms with Crippen LogP contribution in [0.1, 0.15) is 29.7 Å². The van der Waals surface area contributed by atoms with Crippen molar-refractivity contribution in [2.45, 2.75) is 19.4 Å². The third-order valence-electron chi connectivity index (χ3n) is 3.82. The zero-order valence-corrected chi connectivity index (χ0v) is 11.6. The molecular formula is C19H18O. The molecule has 0 bridgehead atoms. The van der Waals surface area contributed by atoms with Crippen LogP contribution in [0.4, 0.5) is 0 Å². The van der Waals surface area contributed by atoms with Crippen molar-refractivity contribution >= 4 is 10.8 Å². The molecule has 0 spiro atoms. The normalized spacial score (nSPS) is 12.5. The maximum absolute atomic E-state index is 10.7. The first-order chi connectivity index (χ1) is 9.79. The molecule has 1 unspecified atom stereocenters. The number of aliphatic hydroxyl groups excluding tert-OH is 1. The molecule has 3 aromatic carbocycles. The summed E-state index contributed by atoms with van der Waals surface area (Å²) in [5.41, 5.74) is 3.20. The lowest BCUT2D eigenvalue weighted by molar-refractivity contribution is 0.222. The molecule has 1 N–H and O–H groups in total. The Morgan fingerprint density at radius 2 is 1.55 bits per heavy atom. The molecule has 0 amide bonds. The van der Waals surface area contributed by atoms with Crippen LogP contribution in [0.5, 0.6) is 0 Å². The van der Waals surface area contributed by atoms with Crippen LogP contribution in [0.15, 0.2) is 66.7 Å². The fourth-order valence-corrected chi connectivity index (χ4v) is 2.60. The first kappa shape index (κ1) is 12.9. The predicted molar refractivity (Wildman–Crippen MR) is 83.8 cm³/mol. The van der Waals surface area contributed by atoms with Crippen molar-refractivity contribution in [1.29, 1.82) is 0 Å². The zero-order chi connectivity index (χ0) is 13.9. The van der Waals surface area contributed by atoms with Gasteiger partial charge < -0.3 is 5.11 Å². The van der Waals surface area contributed by atoms with Crippen LogP contribution in [0.25, 0.3) is 10.8 Å². The Labute approximate surface area is 119 Å². The van der Waals surface area contributed by atoms with E-state index in [1.54, 1.807) is 0 Å². The first-order valence-corrected chi connectivity index (χ1v) is 7.04. The molecule has 0 fully saturated rings. The van der Waals surface area contributed by atoms with Crippen molar-refractivity contribution in [3.63, 3.8) is 0 Å². The van der Waals surface area contributed by atoms with E-state index in [1.165, 1.54) is 5.56 Å². The highest BCUT2D eigenvalue weighted by Gasteiger charge is 2.12. The summed E-state index contributed by atoms with van der Waals surface area (Å²) in [5.74, 6) is 0. The summed E-state index contributed by atoms with van der Waals surface area (Å²) in [5, 5.41) is 12.9. The van der Waals surface area contributed by atoms with Crippen molar-refractivity contribution in [2.24, 2.45) is 0 Å². The van der Waals surface area contributed by atoms with E-state index in [9.17, 15) is 5.11 Å². The van der Waals surface area contributed by atoms with Crippen molar-refractivity contribution < 1.29 is 5.11 Å². The van der Waals surface area contributed by atoms with E-state index in [0.717, 1.165) is 28.3 Å². The summed E-state index contributed by atoms with van der Waals surface area (Å²) in [4.78, 5) is 0. The maximum Gasteiger partial charge on any atom is 0.105 e. The minimum atomic E-state index is -0.577. The summed E-state index contributed by atoms with van der Waals surface area (Å²) in [7, 11) is 0. The Hall–Kier alpha value is -2.12. The summed E-state index contributed by atoms with van der Waals surface area (Å²) >= 11 is 0. The number of aliphatic hydroxyl groups is 1. The quantitative estimate of drug-likeness (QED) is 0.737. The van der Waals surface area contributed by atoms with E-state index in [-0.39, 0.29) is 0 Å². The Morgan fingerprint density at radius 1 is 0.850 bits per heavy atom. The minimum absolute atomic E-state index is 0.577. The van der Waals surface area contributed by atoms with Gasteiger partial charge in [-0.3, -0.25) is 0 Å². The van der Waals surface area contributed by atoms with E-state index in [0.29, 0.717) is 0 Å². The molecule has 1 atom stereocenters. The van der Waals surface area contributed by atoms with Crippen molar-refractivity contribution in [1.82, 2.24) is 0 Å². The molecule has 0 heterocycles. The lowest BCUT2D eigenvalue weighted by Gasteiger charge is -2.14. The van der Waals surface area contributed by atoms with E-state index in [2.05, 4.69) is 37.3 Å². The van der Waals surface area contributed by atoms with Gasteiger partial charge in [0.15, 0.2) is 0 Å². The van der Waals surface area contributed by atoms with Gasteiger partial charge in [-0.2, -0.15) is 0 Å². The number of hydrogen-bond donors (Lipinski definition) is 1. The molecule has 0 aliphatic rings. The molecule has 3 aromatic rings. The molecule has 3 rings (SSSR count). The smallest absolute Gasteiger partial charge is 0.105 e. The third-order valence-corrected chi connectivity index (χ3v) is 3.82. The van der Waals surface area contributed by atoms with Crippen LogP contribution in [-0.2, 0) is 6.42 Å². The molecule has 1 heteroatoms. The first-order valence-electron chi connectivity index (χ1n) is 7.04. The van der Waals surface area contributed by atoms with Gasteiger partial charge in [0, 0.05) is 0 Å². The number of aryl methyl sites for hydroxylation is 1. The van der Waals surface area contributed by atoms with Gasteiger partial charge in [0.25, 0.3) is 0 Å². The Kier molecular flexibility index (Phi) is 3.53. The molecule has 0 saturated carbocycles. The van der Waals surface area contributed by atoms with Crippen LogP contribution >= 0.6 is 0 Å². The number of benzene rings is 3. The monoisotopic (exact) mass is 262 g/mol. The van der Waals surface area contributed by atoms with Crippen LogP contribution in [0, 0.1) is 0 Å². The predicted octanol–water partition coefficient (Wildman–Crippen LogP) is 4.48. The Balaban J connectivity index is 2.05. The maximum atomic E-state index is 10.7. The van der Waals surface area contributed by atoms with Crippen LogP contribution in [-0.4, -0.2) is 5.11 Å². The molecule has 0 aliphatic heterocycles. The van der Waals surface area contributed by atoms with E-state index in [1.807, 2.05) is 36.4 Å². The molecule has 100 valence electrons. The van der Waals surface area contributed by atoms with Crippen LogP contribution in [0.3, 0.4) is 0 Å². The lowest BCUT2D eigenvalue weighted by Crippen LogP contribution is -2.00. The molecular weight excluding hydrogens is 244 g/mol. The number of rotatable bonds is 3. The topological polar surface area (TPSA) is 20.2 Å². The standard InChI is InChI=1S/C19H18O/c1-2-14-10-12-16(13-11-14)19(20)18-9-5-7-15-6-3-4-8-17(15)18/h3-13,19-20H,2H2,1H3. The average molecular weight is 262 g/mol. The van der Waals surface area contributed by atoms with E-state index in [4.69, 9.17) is 0 Å².